The maximum Gasteiger partial charge on any atom is 0.225 e. The Balaban J connectivity index is 1.20. The number of carbonyl (C=O) groups is 1. The number of rotatable bonds is 6. The van der Waals surface area contributed by atoms with Gasteiger partial charge in [-0.05, 0) is 64.3 Å². The summed E-state index contributed by atoms with van der Waals surface area (Å²) < 4.78 is 44.4. The summed E-state index contributed by atoms with van der Waals surface area (Å²) in [6.07, 6.45) is 8.01. The summed E-state index contributed by atoms with van der Waals surface area (Å²) in [5.74, 6) is -1.52. The average Bonchev–Trinajstić information content (AvgIpc) is 3.33. The fourth-order valence-electron chi connectivity index (χ4n) is 6.71. The van der Waals surface area contributed by atoms with Crippen LogP contribution in [0.5, 0.6) is 0 Å². The lowest BCUT2D eigenvalue weighted by Gasteiger charge is -2.36. The Bertz CT molecular complexity index is 1400. The first-order valence-corrected chi connectivity index (χ1v) is 15.1. The molecule has 0 bridgehead atoms. The minimum atomic E-state index is -1.06. The van der Waals surface area contributed by atoms with Crippen LogP contribution in [0.25, 0.3) is 11.2 Å². The molecule has 2 aromatic heterocycles. The predicted octanol–water partition coefficient (Wildman–Crippen LogP) is 4.59. The second kappa shape index (κ2) is 12.2. The van der Waals surface area contributed by atoms with Gasteiger partial charge in [0.2, 0.25) is 11.9 Å². The number of piperazine rings is 1. The van der Waals surface area contributed by atoms with Crippen molar-refractivity contribution in [2.75, 3.05) is 38.5 Å². The summed E-state index contributed by atoms with van der Waals surface area (Å²) in [6, 6.07) is 1.16. The van der Waals surface area contributed by atoms with Gasteiger partial charge in [-0.25, -0.2) is 28.1 Å². The number of hydrogen-bond acceptors (Lipinski definition) is 7. The number of benzene rings is 1. The predicted molar refractivity (Wildman–Crippen MR) is 152 cm³/mol. The number of aromatic nitrogens is 4. The molecule has 1 aliphatic heterocycles. The maximum absolute atomic E-state index is 14.5. The number of nitrogens with zero attached hydrogens (tertiary/aromatic N) is 6. The van der Waals surface area contributed by atoms with Gasteiger partial charge in [-0.2, -0.15) is 0 Å². The first-order chi connectivity index (χ1) is 20.2. The zero-order chi connectivity index (χ0) is 29.4. The largest absolute Gasteiger partial charge is 0.393 e. The lowest BCUT2D eigenvalue weighted by atomic mass is 9.79. The number of carbonyl (C=O) groups excluding carboxylic acids is 1. The number of imidazole rings is 1. The van der Waals surface area contributed by atoms with Crippen LogP contribution in [-0.2, 0) is 11.2 Å². The summed E-state index contributed by atoms with van der Waals surface area (Å²) >= 11 is 0. The Kier molecular flexibility index (Phi) is 8.35. The van der Waals surface area contributed by atoms with E-state index >= 15 is 0 Å². The molecule has 0 unspecified atom stereocenters. The third-order valence-corrected chi connectivity index (χ3v) is 9.24. The normalized spacial score (nSPS) is 25.6. The molecule has 1 saturated heterocycles. The van der Waals surface area contributed by atoms with Crippen molar-refractivity contribution in [2.24, 2.45) is 11.8 Å². The highest BCUT2D eigenvalue weighted by molar-refractivity contribution is 5.79. The van der Waals surface area contributed by atoms with Gasteiger partial charge in [-0.3, -0.25) is 9.36 Å². The van der Waals surface area contributed by atoms with Gasteiger partial charge in [0.05, 0.1) is 12.3 Å². The Hall–Kier alpha value is -3.25. The van der Waals surface area contributed by atoms with Crippen molar-refractivity contribution in [2.45, 2.75) is 69.9 Å². The third-order valence-electron chi connectivity index (χ3n) is 9.24. The molecule has 3 heterocycles. The van der Waals surface area contributed by atoms with Crippen molar-refractivity contribution in [3.63, 3.8) is 0 Å². The molecule has 2 saturated carbocycles. The van der Waals surface area contributed by atoms with E-state index in [4.69, 9.17) is 4.98 Å². The van der Waals surface area contributed by atoms with Crippen LogP contribution in [0.3, 0.4) is 0 Å². The summed E-state index contributed by atoms with van der Waals surface area (Å²) in [4.78, 5) is 31.3. The monoisotopic (exact) mass is 585 g/mol. The van der Waals surface area contributed by atoms with Crippen LogP contribution in [0.15, 0.2) is 18.3 Å². The molecule has 42 heavy (non-hydrogen) atoms. The lowest BCUT2D eigenvalue weighted by Crippen LogP contribution is -2.49. The van der Waals surface area contributed by atoms with E-state index < -0.39 is 23.1 Å². The van der Waals surface area contributed by atoms with Crippen LogP contribution in [0.4, 0.5) is 24.8 Å². The average molecular weight is 586 g/mol. The summed E-state index contributed by atoms with van der Waals surface area (Å²) in [6.45, 7) is 3.44. The van der Waals surface area contributed by atoms with Gasteiger partial charge in [-0.1, -0.05) is 0 Å². The van der Waals surface area contributed by atoms with Crippen LogP contribution < -0.4 is 5.32 Å². The van der Waals surface area contributed by atoms with Crippen molar-refractivity contribution in [3.05, 3.63) is 41.6 Å². The number of fused-ring (bicyclic) bond motifs is 1. The van der Waals surface area contributed by atoms with Gasteiger partial charge in [0, 0.05) is 56.7 Å². The van der Waals surface area contributed by atoms with Gasteiger partial charge >= 0.3 is 0 Å². The lowest BCUT2D eigenvalue weighted by molar-refractivity contribution is -0.138. The Morgan fingerprint density at radius 1 is 0.952 bits per heavy atom. The molecule has 226 valence electrons. The number of hydrogen-bond donors (Lipinski definition) is 2. The summed E-state index contributed by atoms with van der Waals surface area (Å²) in [5.41, 5.74) is 0.558. The summed E-state index contributed by atoms with van der Waals surface area (Å²) in [5, 5.41) is 12.8. The fraction of sp³-hybridized carbons (Fsp3) is 0.600. The Morgan fingerprint density at radius 2 is 1.62 bits per heavy atom. The second-order valence-corrected chi connectivity index (χ2v) is 12.2. The van der Waals surface area contributed by atoms with E-state index in [2.05, 4.69) is 27.2 Å². The number of anilines is 2. The molecule has 0 atom stereocenters. The number of aliphatic hydroxyl groups is 1. The van der Waals surface area contributed by atoms with Gasteiger partial charge in [-0.15, -0.1) is 0 Å². The van der Waals surface area contributed by atoms with E-state index in [1.165, 1.54) is 0 Å². The molecule has 3 aliphatic rings. The number of amides is 1. The highest BCUT2D eigenvalue weighted by Gasteiger charge is 2.32. The van der Waals surface area contributed by atoms with E-state index in [9.17, 15) is 23.1 Å². The molecule has 1 aromatic carbocycles. The van der Waals surface area contributed by atoms with Crippen molar-refractivity contribution in [3.8, 4) is 0 Å². The third kappa shape index (κ3) is 6.10. The van der Waals surface area contributed by atoms with Gasteiger partial charge < -0.3 is 20.2 Å². The van der Waals surface area contributed by atoms with Crippen molar-refractivity contribution in [1.82, 2.24) is 29.3 Å². The smallest absolute Gasteiger partial charge is 0.225 e. The van der Waals surface area contributed by atoms with E-state index in [-0.39, 0.29) is 29.9 Å². The van der Waals surface area contributed by atoms with E-state index in [0.717, 1.165) is 51.9 Å². The van der Waals surface area contributed by atoms with Crippen molar-refractivity contribution < 1.29 is 23.1 Å². The molecular weight excluding hydrogens is 547 g/mol. The molecule has 2 N–H and O–H groups in total. The zero-order valence-corrected chi connectivity index (χ0v) is 23.9. The number of aliphatic hydroxyl groups excluding tert-OH is 1. The van der Waals surface area contributed by atoms with E-state index in [0.29, 0.717) is 67.1 Å². The zero-order valence-electron chi connectivity index (χ0n) is 23.9. The minimum absolute atomic E-state index is 0.0806. The first-order valence-electron chi connectivity index (χ1n) is 15.1. The molecular formula is C30H38F3N7O2. The molecule has 0 spiro atoms. The van der Waals surface area contributed by atoms with Crippen LogP contribution >= 0.6 is 0 Å². The maximum atomic E-state index is 14.5. The van der Waals surface area contributed by atoms with E-state index in [1.807, 2.05) is 9.47 Å². The standard InChI is InChI=1S/C30H38F3N7O2/c1-38-10-12-39(13-11-38)29(42)19-4-2-18(3-5-19)14-26-34-17-25-28(36-26)40(21-6-8-22(41)9-7-21)30(35-25)37-27-23(32)15-20(31)16-24(27)33/h15-19,21-22,41H,2-14H2,1H3,(H,35,37). The molecule has 9 nitrogen and oxygen atoms in total. The molecule has 2 aliphatic carbocycles. The second-order valence-electron chi connectivity index (χ2n) is 12.2. The van der Waals surface area contributed by atoms with Crippen LogP contribution in [0, 0.1) is 29.3 Å². The van der Waals surface area contributed by atoms with Gasteiger partial charge in [0.15, 0.2) is 17.3 Å². The van der Waals surface area contributed by atoms with Crippen molar-refractivity contribution >= 4 is 28.7 Å². The van der Waals surface area contributed by atoms with Crippen molar-refractivity contribution in [1.29, 1.82) is 0 Å². The Labute approximate surface area is 243 Å². The minimum Gasteiger partial charge on any atom is -0.393 e. The highest BCUT2D eigenvalue weighted by Crippen LogP contribution is 2.36. The van der Waals surface area contributed by atoms with Crippen LogP contribution in [0.2, 0.25) is 0 Å². The fourth-order valence-corrected chi connectivity index (χ4v) is 6.71. The van der Waals surface area contributed by atoms with Gasteiger partial charge in [0.1, 0.15) is 22.8 Å². The van der Waals surface area contributed by atoms with E-state index in [1.54, 1.807) is 6.20 Å². The number of likely N-dealkylation sites (N-methyl/N-ethyl adjacent to an activating group) is 1. The highest BCUT2D eigenvalue weighted by atomic mass is 19.1. The van der Waals surface area contributed by atoms with Gasteiger partial charge in [0.25, 0.3) is 0 Å². The molecule has 0 radical (unpaired) electrons. The number of halogens is 3. The Morgan fingerprint density at radius 3 is 2.29 bits per heavy atom. The SMILES string of the molecule is CN1CCN(C(=O)C2CCC(Cc3ncc4nc(Nc5c(F)cc(F)cc5F)n(C5CCC(O)CC5)c4n3)CC2)CC1. The number of nitrogens with one attached hydrogen (secondary N) is 1. The quantitative estimate of drug-likeness (QED) is 0.437. The molecule has 1 amide bonds. The molecule has 3 fully saturated rings. The molecule has 3 aromatic rings. The molecule has 12 heteroatoms. The summed E-state index contributed by atoms with van der Waals surface area (Å²) in [7, 11) is 2.08. The molecule has 6 rings (SSSR count). The topological polar surface area (TPSA) is 99.4 Å². The first kappa shape index (κ1) is 28.9. The van der Waals surface area contributed by atoms with Crippen LogP contribution in [0.1, 0.15) is 63.2 Å². The van der Waals surface area contributed by atoms with Crippen LogP contribution in [-0.4, -0.2) is 79.7 Å².